The summed E-state index contributed by atoms with van der Waals surface area (Å²) in [6, 6.07) is 4.74. The highest BCUT2D eigenvalue weighted by Gasteiger charge is 2.28. The minimum absolute atomic E-state index is 0.0919. The van der Waals surface area contributed by atoms with Gasteiger partial charge in [0.05, 0.1) is 6.10 Å². The van der Waals surface area contributed by atoms with Gasteiger partial charge in [0.15, 0.2) is 0 Å². The molecule has 3 heteroatoms. The van der Waals surface area contributed by atoms with Crippen molar-refractivity contribution in [3.05, 3.63) is 35.1 Å². The van der Waals surface area contributed by atoms with Crippen LogP contribution in [0.15, 0.2) is 18.2 Å². The average Bonchev–Trinajstić information content (AvgIpc) is 2.32. The molecule has 2 atom stereocenters. The second-order valence-electron chi connectivity index (χ2n) is 4.38. The molecule has 1 aromatic rings. The molecule has 1 N–H and O–H groups in total. The first-order valence-corrected chi connectivity index (χ1v) is 5.71. The Kier molecular flexibility index (Phi) is 3.56. The zero-order valence-electron chi connectivity index (χ0n) is 9.45. The lowest BCUT2D eigenvalue weighted by Gasteiger charge is -2.31. The molecule has 0 bridgehead atoms. The fourth-order valence-corrected chi connectivity index (χ4v) is 2.29. The molecule has 0 aromatic heterocycles. The predicted octanol–water partition coefficient (Wildman–Crippen LogP) is 2.59. The molecule has 16 heavy (non-hydrogen) atoms. The number of hydrogen-bond acceptors (Lipinski definition) is 2. The lowest BCUT2D eigenvalue weighted by atomic mass is 9.88. The maximum atomic E-state index is 13.2. The second-order valence-corrected chi connectivity index (χ2v) is 4.38. The van der Waals surface area contributed by atoms with E-state index in [0.717, 1.165) is 24.0 Å². The Hall–Kier alpha value is -0.930. The van der Waals surface area contributed by atoms with E-state index >= 15 is 0 Å². The lowest BCUT2D eigenvalue weighted by Crippen LogP contribution is -2.25. The normalized spacial score (nSPS) is 25.7. The van der Waals surface area contributed by atoms with E-state index in [1.54, 1.807) is 6.07 Å². The Balaban J connectivity index is 2.30. The fourth-order valence-electron chi connectivity index (χ4n) is 2.29. The quantitative estimate of drug-likeness (QED) is 0.836. The number of benzene rings is 1. The fraction of sp³-hybridized carbons (Fsp3) is 0.538. The van der Waals surface area contributed by atoms with Crippen molar-refractivity contribution >= 4 is 0 Å². The maximum absolute atomic E-state index is 13.2. The van der Waals surface area contributed by atoms with E-state index in [0.29, 0.717) is 6.61 Å². The molecule has 1 aliphatic heterocycles. The van der Waals surface area contributed by atoms with Gasteiger partial charge in [-0.1, -0.05) is 6.07 Å². The first-order chi connectivity index (χ1) is 7.72. The Morgan fingerprint density at radius 1 is 1.50 bits per heavy atom. The summed E-state index contributed by atoms with van der Waals surface area (Å²) < 4.78 is 18.9. The van der Waals surface area contributed by atoms with Crippen LogP contribution in [0.1, 0.15) is 30.1 Å². The third-order valence-electron chi connectivity index (χ3n) is 3.23. The maximum Gasteiger partial charge on any atom is 0.123 e. The smallest absolute Gasteiger partial charge is 0.123 e. The average molecular weight is 224 g/mol. The van der Waals surface area contributed by atoms with E-state index in [-0.39, 0.29) is 24.4 Å². The van der Waals surface area contributed by atoms with Crippen LogP contribution >= 0.6 is 0 Å². The van der Waals surface area contributed by atoms with Gasteiger partial charge in [-0.3, -0.25) is 0 Å². The van der Waals surface area contributed by atoms with Crippen LogP contribution in [-0.2, 0) is 4.74 Å². The van der Waals surface area contributed by atoms with Crippen molar-refractivity contribution in [2.45, 2.75) is 25.9 Å². The summed E-state index contributed by atoms with van der Waals surface area (Å²) in [5.41, 5.74) is 1.89. The molecule has 0 spiro atoms. The minimum Gasteiger partial charge on any atom is -0.396 e. The number of halogens is 1. The van der Waals surface area contributed by atoms with Crippen LogP contribution in [0.25, 0.3) is 0 Å². The summed E-state index contributed by atoms with van der Waals surface area (Å²) in [5.74, 6) is -0.152. The topological polar surface area (TPSA) is 29.5 Å². The number of aryl methyl sites for hydroxylation is 1. The minimum atomic E-state index is -0.244. The van der Waals surface area contributed by atoms with E-state index in [1.807, 2.05) is 6.92 Å². The van der Waals surface area contributed by atoms with Gasteiger partial charge in [-0.15, -0.1) is 0 Å². The highest BCUT2D eigenvalue weighted by atomic mass is 19.1. The van der Waals surface area contributed by atoms with Gasteiger partial charge in [0.25, 0.3) is 0 Å². The van der Waals surface area contributed by atoms with E-state index < -0.39 is 0 Å². The van der Waals surface area contributed by atoms with Crippen LogP contribution < -0.4 is 0 Å². The molecule has 1 heterocycles. The molecule has 0 radical (unpaired) electrons. The largest absolute Gasteiger partial charge is 0.396 e. The molecule has 88 valence electrons. The van der Waals surface area contributed by atoms with Crippen molar-refractivity contribution in [2.24, 2.45) is 5.92 Å². The van der Waals surface area contributed by atoms with Crippen molar-refractivity contribution in [3.63, 3.8) is 0 Å². The number of hydrogen-bond donors (Lipinski definition) is 1. The highest BCUT2D eigenvalue weighted by molar-refractivity contribution is 5.29. The SMILES string of the molecule is Cc1ccc(F)cc1C1OCCCC1CO. The van der Waals surface area contributed by atoms with Crippen LogP contribution in [0.3, 0.4) is 0 Å². The second kappa shape index (κ2) is 4.93. The number of aliphatic hydroxyl groups excluding tert-OH is 1. The monoisotopic (exact) mass is 224 g/mol. The van der Waals surface area contributed by atoms with Gasteiger partial charge in [0.1, 0.15) is 5.82 Å². The van der Waals surface area contributed by atoms with Gasteiger partial charge in [0, 0.05) is 19.1 Å². The molecule has 1 fully saturated rings. The van der Waals surface area contributed by atoms with Crippen molar-refractivity contribution in [1.82, 2.24) is 0 Å². The molecule has 2 rings (SSSR count). The zero-order valence-corrected chi connectivity index (χ0v) is 9.45. The van der Waals surface area contributed by atoms with Gasteiger partial charge in [-0.2, -0.15) is 0 Å². The van der Waals surface area contributed by atoms with Gasteiger partial charge in [0.2, 0.25) is 0 Å². The molecule has 0 amide bonds. The third kappa shape index (κ3) is 2.25. The van der Waals surface area contributed by atoms with Crippen LogP contribution in [0.5, 0.6) is 0 Å². The van der Waals surface area contributed by atoms with Crippen molar-refractivity contribution < 1.29 is 14.2 Å². The van der Waals surface area contributed by atoms with Crippen LogP contribution in [-0.4, -0.2) is 18.3 Å². The standard InChI is InChI=1S/C13H17FO2/c1-9-4-5-11(14)7-12(9)13-10(8-15)3-2-6-16-13/h4-5,7,10,13,15H,2-3,6,8H2,1H3. The van der Waals surface area contributed by atoms with Crippen molar-refractivity contribution in [3.8, 4) is 0 Å². The summed E-state index contributed by atoms with van der Waals surface area (Å²) in [5, 5.41) is 9.31. The Morgan fingerprint density at radius 2 is 2.31 bits per heavy atom. The molecule has 1 saturated heterocycles. The Morgan fingerprint density at radius 3 is 3.06 bits per heavy atom. The van der Waals surface area contributed by atoms with Crippen molar-refractivity contribution in [2.75, 3.05) is 13.2 Å². The summed E-state index contributed by atoms with van der Waals surface area (Å²) >= 11 is 0. The molecule has 1 aliphatic rings. The summed E-state index contributed by atoms with van der Waals surface area (Å²) in [6.07, 6.45) is 1.75. The zero-order chi connectivity index (χ0) is 11.5. The van der Waals surface area contributed by atoms with E-state index in [2.05, 4.69) is 0 Å². The molecular formula is C13H17FO2. The molecule has 1 aromatic carbocycles. The van der Waals surface area contributed by atoms with Gasteiger partial charge in [-0.05, 0) is 43.0 Å². The number of aliphatic hydroxyl groups is 1. The number of ether oxygens (including phenoxy) is 1. The molecule has 0 aliphatic carbocycles. The molecular weight excluding hydrogens is 207 g/mol. The summed E-state index contributed by atoms with van der Waals surface area (Å²) in [6.45, 7) is 2.74. The van der Waals surface area contributed by atoms with Crippen LogP contribution in [0.4, 0.5) is 4.39 Å². The highest BCUT2D eigenvalue weighted by Crippen LogP contribution is 2.35. The lowest BCUT2D eigenvalue weighted by molar-refractivity contribution is -0.0461. The van der Waals surface area contributed by atoms with Crippen LogP contribution in [0, 0.1) is 18.7 Å². The third-order valence-corrected chi connectivity index (χ3v) is 3.23. The molecule has 2 nitrogen and oxygen atoms in total. The van der Waals surface area contributed by atoms with Gasteiger partial charge in [-0.25, -0.2) is 4.39 Å². The first-order valence-electron chi connectivity index (χ1n) is 5.71. The first kappa shape index (κ1) is 11.6. The van der Waals surface area contributed by atoms with Crippen LogP contribution in [0.2, 0.25) is 0 Å². The summed E-state index contributed by atoms with van der Waals surface area (Å²) in [4.78, 5) is 0. The summed E-state index contributed by atoms with van der Waals surface area (Å²) in [7, 11) is 0. The van der Waals surface area contributed by atoms with Gasteiger partial charge < -0.3 is 9.84 Å². The molecule has 2 unspecified atom stereocenters. The van der Waals surface area contributed by atoms with E-state index in [9.17, 15) is 9.50 Å². The van der Waals surface area contributed by atoms with Gasteiger partial charge >= 0.3 is 0 Å². The Labute approximate surface area is 95.1 Å². The Bertz CT molecular complexity index is 365. The number of rotatable bonds is 2. The van der Waals surface area contributed by atoms with E-state index in [4.69, 9.17) is 4.74 Å². The molecule has 0 saturated carbocycles. The van der Waals surface area contributed by atoms with Crippen molar-refractivity contribution in [1.29, 1.82) is 0 Å². The van der Waals surface area contributed by atoms with E-state index in [1.165, 1.54) is 12.1 Å². The predicted molar refractivity (Wildman–Crippen MR) is 59.6 cm³/mol.